The Balaban J connectivity index is 1.98. The van der Waals surface area contributed by atoms with Gasteiger partial charge in [-0.25, -0.2) is 4.79 Å². The molecule has 1 aromatic carbocycles. The van der Waals surface area contributed by atoms with Crippen molar-refractivity contribution in [3.05, 3.63) is 48.6 Å². The lowest BCUT2D eigenvalue weighted by molar-refractivity contribution is -0.193. The van der Waals surface area contributed by atoms with E-state index in [0.717, 1.165) is 5.56 Å². The van der Waals surface area contributed by atoms with Crippen molar-refractivity contribution in [2.75, 3.05) is 13.2 Å². The second-order valence-electron chi connectivity index (χ2n) is 6.06. The molecule has 2 atom stereocenters. The Morgan fingerprint density at radius 1 is 1.26 bits per heavy atom. The number of amides is 1. The number of nitrogens with one attached hydrogen (secondary N) is 1. The van der Waals surface area contributed by atoms with Crippen molar-refractivity contribution in [3.63, 3.8) is 0 Å². The second kappa shape index (κ2) is 9.52. The molecule has 148 valence electrons. The molecule has 1 heterocycles. The van der Waals surface area contributed by atoms with Gasteiger partial charge in [-0.05, 0) is 18.4 Å². The maximum absolute atomic E-state index is 12.9. The highest BCUT2D eigenvalue weighted by molar-refractivity contribution is 5.88. The molecule has 2 rings (SSSR count). The van der Waals surface area contributed by atoms with E-state index in [4.69, 9.17) is 9.57 Å². The number of piperidine rings is 1. The summed E-state index contributed by atoms with van der Waals surface area (Å²) in [5, 5.41) is 0. The van der Waals surface area contributed by atoms with Gasteiger partial charge in [0.1, 0.15) is 12.6 Å². The van der Waals surface area contributed by atoms with Crippen molar-refractivity contribution in [1.82, 2.24) is 10.4 Å². The van der Waals surface area contributed by atoms with Crippen LogP contribution in [-0.2, 0) is 25.8 Å². The molecular weight excluding hydrogens is 365 g/mol. The van der Waals surface area contributed by atoms with Crippen molar-refractivity contribution in [1.29, 1.82) is 0 Å². The smallest absolute Gasteiger partial charge is 0.460 e. The highest BCUT2D eigenvalue weighted by Crippen LogP contribution is 2.26. The summed E-state index contributed by atoms with van der Waals surface area (Å²) in [7, 11) is 0. The number of esters is 1. The summed E-state index contributed by atoms with van der Waals surface area (Å²) in [6, 6.07) is 7.38. The number of likely N-dealkylation sites (tertiary alicyclic amines) is 1. The van der Waals surface area contributed by atoms with Gasteiger partial charge in [0.15, 0.2) is 0 Å². The molecule has 1 fully saturated rings. The molecule has 1 aromatic rings. The summed E-state index contributed by atoms with van der Waals surface area (Å²) in [5.74, 6) is -2.95. The summed E-state index contributed by atoms with van der Waals surface area (Å²) < 4.78 is 43.6. The molecule has 1 N–H and O–H groups in total. The van der Waals surface area contributed by atoms with Crippen LogP contribution in [0.4, 0.5) is 13.2 Å². The number of halogens is 3. The average molecular weight is 386 g/mol. The van der Waals surface area contributed by atoms with Crippen molar-refractivity contribution >= 4 is 11.9 Å². The SMILES string of the molecule is C=CCOC(=O)[C@H]1CC[C@H](NOCc2ccccc2)CN1C(=O)C(F)(F)F. The lowest BCUT2D eigenvalue weighted by atomic mass is 9.98. The fourth-order valence-electron chi connectivity index (χ4n) is 2.75. The van der Waals surface area contributed by atoms with E-state index in [-0.39, 0.29) is 26.2 Å². The molecule has 0 aromatic heterocycles. The third-order valence-corrected chi connectivity index (χ3v) is 4.03. The highest BCUT2D eigenvalue weighted by Gasteiger charge is 2.48. The van der Waals surface area contributed by atoms with E-state index >= 15 is 0 Å². The maximum atomic E-state index is 12.9. The topological polar surface area (TPSA) is 67.9 Å². The fourth-order valence-corrected chi connectivity index (χ4v) is 2.75. The molecule has 0 bridgehead atoms. The fraction of sp³-hybridized carbons (Fsp3) is 0.444. The number of hydrogen-bond donors (Lipinski definition) is 1. The molecule has 0 unspecified atom stereocenters. The van der Waals surface area contributed by atoms with E-state index in [1.54, 1.807) is 0 Å². The predicted octanol–water partition coefficient (Wildman–Crippen LogP) is 2.36. The molecule has 0 radical (unpaired) electrons. The largest absolute Gasteiger partial charge is 0.471 e. The number of alkyl halides is 3. The molecule has 0 spiro atoms. The zero-order chi connectivity index (χ0) is 19.9. The van der Waals surface area contributed by atoms with Crippen LogP contribution in [-0.4, -0.2) is 48.2 Å². The van der Waals surface area contributed by atoms with Crippen LogP contribution in [0.2, 0.25) is 0 Å². The van der Waals surface area contributed by atoms with E-state index in [1.165, 1.54) is 6.08 Å². The van der Waals surface area contributed by atoms with Gasteiger partial charge in [-0.1, -0.05) is 43.0 Å². The highest BCUT2D eigenvalue weighted by atomic mass is 19.4. The maximum Gasteiger partial charge on any atom is 0.471 e. The third-order valence-electron chi connectivity index (χ3n) is 4.03. The van der Waals surface area contributed by atoms with Gasteiger partial charge in [0.05, 0.1) is 6.61 Å². The summed E-state index contributed by atoms with van der Waals surface area (Å²) >= 11 is 0. The zero-order valence-corrected chi connectivity index (χ0v) is 14.6. The number of carbonyl (C=O) groups excluding carboxylic acids is 2. The predicted molar refractivity (Wildman–Crippen MR) is 90.1 cm³/mol. The number of hydrogen-bond acceptors (Lipinski definition) is 5. The molecular formula is C18H21F3N2O4. The van der Waals surface area contributed by atoms with Crippen molar-refractivity contribution in [2.24, 2.45) is 0 Å². The second-order valence-corrected chi connectivity index (χ2v) is 6.06. The van der Waals surface area contributed by atoms with Gasteiger partial charge in [-0.2, -0.15) is 18.7 Å². The number of benzene rings is 1. The molecule has 27 heavy (non-hydrogen) atoms. The lowest BCUT2D eigenvalue weighted by Gasteiger charge is -2.38. The molecule has 1 aliphatic rings. The Morgan fingerprint density at radius 2 is 1.96 bits per heavy atom. The van der Waals surface area contributed by atoms with Crippen molar-refractivity contribution in [3.8, 4) is 0 Å². The Hall–Kier alpha value is -2.39. The summed E-state index contributed by atoms with van der Waals surface area (Å²) in [6.45, 7) is 3.14. The van der Waals surface area contributed by atoms with Crippen molar-refractivity contribution < 1.29 is 32.3 Å². The molecule has 1 amide bonds. The Bertz CT molecular complexity index is 652. The molecule has 0 aliphatic carbocycles. The quantitative estimate of drug-likeness (QED) is 0.443. The van der Waals surface area contributed by atoms with Crippen LogP contribution in [0.3, 0.4) is 0 Å². The van der Waals surface area contributed by atoms with Crippen LogP contribution < -0.4 is 5.48 Å². The first-order valence-electron chi connectivity index (χ1n) is 8.39. The van der Waals surface area contributed by atoms with E-state index < -0.39 is 30.1 Å². The van der Waals surface area contributed by atoms with Gasteiger partial charge in [-0.15, -0.1) is 0 Å². The minimum absolute atomic E-state index is 0.0319. The van der Waals surface area contributed by atoms with Crippen LogP contribution in [0.5, 0.6) is 0 Å². The third kappa shape index (κ3) is 6.07. The monoisotopic (exact) mass is 386 g/mol. The lowest BCUT2D eigenvalue weighted by Crippen LogP contribution is -2.58. The normalized spacial score (nSPS) is 20.2. The Kier molecular flexibility index (Phi) is 7.37. The van der Waals surface area contributed by atoms with Crippen LogP contribution >= 0.6 is 0 Å². The van der Waals surface area contributed by atoms with Gasteiger partial charge < -0.3 is 9.64 Å². The average Bonchev–Trinajstić information content (AvgIpc) is 2.65. The molecule has 9 heteroatoms. The van der Waals surface area contributed by atoms with Gasteiger partial charge in [0.25, 0.3) is 0 Å². The number of rotatable bonds is 7. The molecule has 0 saturated carbocycles. The minimum atomic E-state index is -5.08. The van der Waals surface area contributed by atoms with Gasteiger partial charge in [-0.3, -0.25) is 9.63 Å². The number of carbonyl (C=O) groups is 2. The number of ether oxygens (including phenoxy) is 1. The van der Waals surface area contributed by atoms with Gasteiger partial charge >= 0.3 is 18.1 Å². The van der Waals surface area contributed by atoms with Crippen LogP contribution in [0, 0.1) is 0 Å². The van der Waals surface area contributed by atoms with E-state index in [2.05, 4.69) is 12.1 Å². The van der Waals surface area contributed by atoms with Crippen LogP contribution in [0.15, 0.2) is 43.0 Å². The number of nitrogens with zero attached hydrogens (tertiary/aromatic N) is 1. The number of hydroxylamine groups is 1. The first kappa shape index (κ1) is 20.9. The van der Waals surface area contributed by atoms with Gasteiger partial charge in [0.2, 0.25) is 0 Å². The zero-order valence-electron chi connectivity index (χ0n) is 14.6. The van der Waals surface area contributed by atoms with Crippen LogP contribution in [0.25, 0.3) is 0 Å². The summed E-state index contributed by atoms with van der Waals surface area (Å²) in [4.78, 5) is 29.6. The van der Waals surface area contributed by atoms with Crippen LogP contribution in [0.1, 0.15) is 18.4 Å². The Morgan fingerprint density at radius 3 is 2.59 bits per heavy atom. The first-order chi connectivity index (χ1) is 12.8. The molecule has 1 saturated heterocycles. The first-order valence-corrected chi connectivity index (χ1v) is 8.39. The molecule has 6 nitrogen and oxygen atoms in total. The molecule has 1 aliphatic heterocycles. The van der Waals surface area contributed by atoms with E-state index in [9.17, 15) is 22.8 Å². The summed E-state index contributed by atoms with van der Waals surface area (Å²) in [6.07, 6.45) is -3.39. The van der Waals surface area contributed by atoms with Gasteiger partial charge in [0, 0.05) is 12.6 Å². The van der Waals surface area contributed by atoms with E-state index in [0.29, 0.717) is 11.3 Å². The Labute approximate surface area is 154 Å². The minimum Gasteiger partial charge on any atom is -0.460 e. The van der Waals surface area contributed by atoms with E-state index in [1.807, 2.05) is 30.3 Å². The summed E-state index contributed by atoms with van der Waals surface area (Å²) in [5.41, 5.74) is 3.56. The van der Waals surface area contributed by atoms with Crippen molar-refractivity contribution in [2.45, 2.75) is 37.7 Å². The standard InChI is InChI=1S/C18H21F3N2O4/c1-2-10-26-16(24)15-9-8-14(11-23(15)17(25)18(19,20)21)22-27-12-13-6-4-3-5-7-13/h2-7,14-15,22H,1,8-12H2/t14-,15+/m0/s1.